The summed E-state index contributed by atoms with van der Waals surface area (Å²) >= 11 is 0. The van der Waals surface area contributed by atoms with Crippen LogP contribution in [0, 0.1) is 0 Å². The summed E-state index contributed by atoms with van der Waals surface area (Å²) in [6.07, 6.45) is 5.60. The van der Waals surface area contributed by atoms with E-state index in [-0.39, 0.29) is 0 Å². The number of nitrogens with zero attached hydrogens (tertiary/aromatic N) is 1. The second-order valence-corrected chi connectivity index (χ2v) is 5.18. The van der Waals surface area contributed by atoms with Crippen LogP contribution < -0.4 is 0 Å². The first-order valence-electron chi connectivity index (χ1n) is 7.31. The van der Waals surface area contributed by atoms with Crippen LogP contribution >= 0.6 is 0 Å². The summed E-state index contributed by atoms with van der Waals surface area (Å²) in [4.78, 5) is 4.65. The minimum atomic E-state index is 1.06. The molecular formula is C19H19N. The van der Waals surface area contributed by atoms with Gasteiger partial charge in [-0.25, -0.2) is 0 Å². The molecule has 20 heavy (non-hydrogen) atoms. The van der Waals surface area contributed by atoms with Crippen molar-refractivity contribution in [1.82, 2.24) is 4.98 Å². The smallest absolute Gasteiger partial charge is 0.0708 e. The summed E-state index contributed by atoms with van der Waals surface area (Å²) in [5.41, 5.74) is 3.60. The van der Waals surface area contributed by atoms with Crippen molar-refractivity contribution >= 4 is 10.8 Å². The Hall–Kier alpha value is -2.15. The lowest BCUT2D eigenvalue weighted by Gasteiger charge is -2.07. The van der Waals surface area contributed by atoms with Gasteiger partial charge in [0, 0.05) is 11.8 Å². The van der Waals surface area contributed by atoms with Crippen LogP contribution in [-0.4, -0.2) is 4.98 Å². The maximum absolute atomic E-state index is 4.65. The molecule has 0 saturated heterocycles. The molecule has 100 valence electrons. The third-order valence-corrected chi connectivity index (χ3v) is 3.71. The van der Waals surface area contributed by atoms with Crippen molar-refractivity contribution in [3.8, 4) is 11.3 Å². The van der Waals surface area contributed by atoms with Gasteiger partial charge in [-0.2, -0.15) is 0 Å². The van der Waals surface area contributed by atoms with Gasteiger partial charge in [-0.05, 0) is 35.2 Å². The molecule has 0 saturated carbocycles. The van der Waals surface area contributed by atoms with Gasteiger partial charge in [0.1, 0.15) is 0 Å². The Kier molecular flexibility index (Phi) is 3.78. The quantitative estimate of drug-likeness (QED) is 0.625. The van der Waals surface area contributed by atoms with Gasteiger partial charge in [-0.1, -0.05) is 61.9 Å². The van der Waals surface area contributed by atoms with Crippen molar-refractivity contribution in [3.05, 3.63) is 66.4 Å². The van der Waals surface area contributed by atoms with Crippen molar-refractivity contribution in [2.75, 3.05) is 0 Å². The van der Waals surface area contributed by atoms with Crippen molar-refractivity contribution in [1.29, 1.82) is 0 Å². The molecule has 0 bridgehead atoms. The van der Waals surface area contributed by atoms with Crippen LogP contribution in [0.4, 0.5) is 0 Å². The van der Waals surface area contributed by atoms with Crippen LogP contribution in [0.25, 0.3) is 22.0 Å². The fraction of sp³-hybridized carbons (Fsp3) is 0.211. The third-order valence-electron chi connectivity index (χ3n) is 3.71. The van der Waals surface area contributed by atoms with E-state index in [0.29, 0.717) is 0 Å². The Bertz CT molecular complexity index is 693. The standard InChI is InChI=1S/C19H19N/c1-2-3-7-15-12-13-19(20-14-15)18-11-6-9-16-8-4-5-10-17(16)18/h4-6,8-14H,2-3,7H2,1H3. The molecule has 0 aliphatic carbocycles. The van der Waals surface area contributed by atoms with Gasteiger partial charge in [-0.3, -0.25) is 4.98 Å². The number of hydrogen-bond donors (Lipinski definition) is 0. The van der Waals surface area contributed by atoms with E-state index in [1.54, 1.807) is 0 Å². The van der Waals surface area contributed by atoms with Crippen LogP contribution in [0.2, 0.25) is 0 Å². The Morgan fingerprint density at radius 2 is 1.75 bits per heavy atom. The molecule has 1 heteroatoms. The van der Waals surface area contributed by atoms with Crippen molar-refractivity contribution in [2.24, 2.45) is 0 Å². The summed E-state index contributed by atoms with van der Waals surface area (Å²) in [6, 6.07) is 19.2. The lowest BCUT2D eigenvalue weighted by molar-refractivity contribution is 0.792. The number of rotatable bonds is 4. The second kappa shape index (κ2) is 5.87. The molecule has 0 unspecified atom stereocenters. The van der Waals surface area contributed by atoms with Gasteiger partial charge in [0.25, 0.3) is 0 Å². The lowest BCUT2D eigenvalue weighted by atomic mass is 10.0. The fourth-order valence-electron chi connectivity index (χ4n) is 2.56. The van der Waals surface area contributed by atoms with Gasteiger partial charge < -0.3 is 0 Å². The van der Waals surface area contributed by atoms with Gasteiger partial charge >= 0.3 is 0 Å². The summed E-state index contributed by atoms with van der Waals surface area (Å²) in [7, 11) is 0. The minimum Gasteiger partial charge on any atom is -0.256 e. The van der Waals surface area contributed by atoms with Crippen LogP contribution in [0.5, 0.6) is 0 Å². The molecule has 0 radical (unpaired) electrons. The second-order valence-electron chi connectivity index (χ2n) is 5.18. The molecule has 0 fully saturated rings. The summed E-state index contributed by atoms with van der Waals surface area (Å²) in [5, 5.41) is 2.53. The molecule has 2 aromatic carbocycles. The first-order chi connectivity index (χ1) is 9.88. The topological polar surface area (TPSA) is 12.9 Å². The van der Waals surface area contributed by atoms with E-state index in [9.17, 15) is 0 Å². The van der Waals surface area contributed by atoms with E-state index < -0.39 is 0 Å². The van der Waals surface area contributed by atoms with Gasteiger partial charge in [0.2, 0.25) is 0 Å². The highest BCUT2D eigenvalue weighted by Crippen LogP contribution is 2.27. The van der Waals surface area contributed by atoms with Crippen molar-refractivity contribution in [3.63, 3.8) is 0 Å². The molecule has 1 heterocycles. The Balaban J connectivity index is 1.98. The van der Waals surface area contributed by atoms with E-state index >= 15 is 0 Å². The first-order valence-corrected chi connectivity index (χ1v) is 7.31. The number of fused-ring (bicyclic) bond motifs is 1. The van der Waals surface area contributed by atoms with Gasteiger partial charge in [0.05, 0.1) is 5.69 Å². The Morgan fingerprint density at radius 1 is 0.900 bits per heavy atom. The highest BCUT2D eigenvalue weighted by molar-refractivity contribution is 5.95. The third kappa shape index (κ3) is 2.57. The van der Waals surface area contributed by atoms with E-state index in [0.717, 1.165) is 12.1 Å². The number of benzene rings is 2. The molecule has 1 nitrogen and oxygen atoms in total. The van der Waals surface area contributed by atoms with Crippen molar-refractivity contribution in [2.45, 2.75) is 26.2 Å². The highest BCUT2D eigenvalue weighted by atomic mass is 14.7. The number of hydrogen-bond acceptors (Lipinski definition) is 1. The Morgan fingerprint density at radius 3 is 2.55 bits per heavy atom. The van der Waals surface area contributed by atoms with Crippen LogP contribution in [-0.2, 0) is 6.42 Å². The largest absolute Gasteiger partial charge is 0.256 e. The van der Waals surface area contributed by atoms with E-state index in [2.05, 4.69) is 66.5 Å². The number of aryl methyl sites for hydroxylation is 1. The SMILES string of the molecule is CCCCc1ccc(-c2cccc3ccccc23)nc1. The molecular weight excluding hydrogens is 242 g/mol. The number of unbranched alkanes of at least 4 members (excludes halogenated alkanes) is 1. The minimum absolute atomic E-state index is 1.06. The predicted molar refractivity (Wildman–Crippen MR) is 85.8 cm³/mol. The molecule has 0 spiro atoms. The molecule has 3 rings (SSSR count). The maximum atomic E-state index is 4.65. The molecule has 0 N–H and O–H groups in total. The summed E-state index contributed by atoms with van der Waals surface area (Å²) in [5.74, 6) is 0. The van der Waals surface area contributed by atoms with E-state index in [1.807, 2.05) is 6.20 Å². The summed E-state index contributed by atoms with van der Waals surface area (Å²) < 4.78 is 0. The lowest BCUT2D eigenvalue weighted by Crippen LogP contribution is -1.89. The monoisotopic (exact) mass is 261 g/mol. The average Bonchev–Trinajstić information content (AvgIpc) is 2.53. The summed E-state index contributed by atoms with van der Waals surface area (Å²) in [6.45, 7) is 2.22. The number of aromatic nitrogens is 1. The predicted octanol–water partition coefficient (Wildman–Crippen LogP) is 5.24. The number of pyridine rings is 1. The molecule has 1 aromatic heterocycles. The molecule has 0 aliphatic heterocycles. The average molecular weight is 261 g/mol. The van der Waals surface area contributed by atoms with Gasteiger partial charge in [-0.15, -0.1) is 0 Å². The highest BCUT2D eigenvalue weighted by Gasteiger charge is 2.04. The van der Waals surface area contributed by atoms with Crippen LogP contribution in [0.3, 0.4) is 0 Å². The van der Waals surface area contributed by atoms with E-state index in [4.69, 9.17) is 0 Å². The maximum Gasteiger partial charge on any atom is 0.0708 e. The van der Waals surface area contributed by atoms with E-state index in [1.165, 1.54) is 34.7 Å². The van der Waals surface area contributed by atoms with Crippen LogP contribution in [0.15, 0.2) is 60.8 Å². The Labute approximate surface area is 120 Å². The zero-order valence-corrected chi connectivity index (χ0v) is 11.8. The molecule has 3 aromatic rings. The zero-order chi connectivity index (χ0) is 13.8. The molecule has 0 amide bonds. The molecule has 0 atom stereocenters. The normalized spacial score (nSPS) is 10.8. The van der Waals surface area contributed by atoms with Crippen LogP contribution in [0.1, 0.15) is 25.3 Å². The molecule has 0 aliphatic rings. The van der Waals surface area contributed by atoms with Gasteiger partial charge in [0.15, 0.2) is 0 Å². The zero-order valence-electron chi connectivity index (χ0n) is 11.8. The van der Waals surface area contributed by atoms with Crippen molar-refractivity contribution < 1.29 is 0 Å². The fourth-order valence-corrected chi connectivity index (χ4v) is 2.56. The first kappa shape index (κ1) is 12.9.